The number of hydrogen-bond donors (Lipinski definition) is 0. The van der Waals surface area contributed by atoms with Crippen molar-refractivity contribution < 1.29 is 8.42 Å². The molecule has 1 atom stereocenters. The van der Waals surface area contributed by atoms with Crippen LogP contribution in [0.25, 0.3) is 0 Å². The number of rotatable bonds is 5. The Labute approximate surface area is 104 Å². The number of benzene rings is 1. The fourth-order valence-corrected chi connectivity index (χ4v) is 2.77. The van der Waals surface area contributed by atoms with Gasteiger partial charge in [-0.3, -0.25) is 0 Å². The van der Waals surface area contributed by atoms with Crippen molar-refractivity contribution in [3.05, 3.63) is 42.5 Å². The van der Waals surface area contributed by atoms with Gasteiger partial charge in [0.1, 0.15) is 0 Å². The van der Waals surface area contributed by atoms with Crippen LogP contribution in [0.2, 0.25) is 0 Å². The maximum Gasteiger partial charge on any atom is 0.180 e. The minimum Gasteiger partial charge on any atom is -0.223 e. The van der Waals surface area contributed by atoms with E-state index < -0.39 is 9.84 Å². The van der Waals surface area contributed by atoms with E-state index in [1.807, 2.05) is 18.2 Å². The molecule has 0 fully saturated rings. The first kappa shape index (κ1) is 14.0. The molecule has 0 N–H and O–H groups in total. The smallest absolute Gasteiger partial charge is 0.180 e. The van der Waals surface area contributed by atoms with E-state index in [-0.39, 0.29) is 5.25 Å². The summed E-state index contributed by atoms with van der Waals surface area (Å²) in [5, 5.41) is -0.382. The molecule has 0 aliphatic heterocycles. The van der Waals surface area contributed by atoms with Gasteiger partial charge >= 0.3 is 0 Å². The van der Waals surface area contributed by atoms with E-state index in [1.165, 1.54) is 0 Å². The fourth-order valence-electron chi connectivity index (χ4n) is 1.66. The predicted octanol–water partition coefficient (Wildman–Crippen LogP) is 3.55. The Hall–Kier alpha value is -1.09. The Morgan fingerprint density at radius 3 is 2.47 bits per heavy atom. The van der Waals surface area contributed by atoms with Gasteiger partial charge in [0.15, 0.2) is 9.84 Å². The highest BCUT2D eigenvalue weighted by atomic mass is 32.2. The molecule has 1 rings (SSSR count). The molecule has 0 radical (unpaired) electrons. The molecule has 0 aliphatic rings. The second-order valence-electron chi connectivity index (χ2n) is 4.59. The van der Waals surface area contributed by atoms with Crippen molar-refractivity contribution in [3.8, 4) is 0 Å². The van der Waals surface area contributed by atoms with Crippen molar-refractivity contribution in [2.45, 2.75) is 43.3 Å². The largest absolute Gasteiger partial charge is 0.223 e. The second-order valence-corrected chi connectivity index (χ2v) is 7.10. The first-order chi connectivity index (χ1) is 7.89. The zero-order valence-electron chi connectivity index (χ0n) is 10.7. The second kappa shape index (κ2) is 5.50. The third kappa shape index (κ3) is 3.19. The first-order valence-electron chi connectivity index (χ1n) is 5.84. The van der Waals surface area contributed by atoms with E-state index in [1.54, 1.807) is 26.0 Å². The molecular weight excluding hydrogens is 232 g/mol. The monoisotopic (exact) mass is 252 g/mol. The Bertz CT molecular complexity index is 487. The van der Waals surface area contributed by atoms with Crippen LogP contribution >= 0.6 is 0 Å². The van der Waals surface area contributed by atoms with E-state index in [2.05, 4.69) is 13.5 Å². The molecule has 17 heavy (non-hydrogen) atoms. The van der Waals surface area contributed by atoms with E-state index in [0.29, 0.717) is 10.8 Å². The molecule has 0 bridgehead atoms. The normalized spacial score (nSPS) is 13.6. The molecule has 0 aliphatic carbocycles. The van der Waals surface area contributed by atoms with Crippen molar-refractivity contribution in [1.82, 2.24) is 0 Å². The molecule has 0 aromatic heterocycles. The number of sulfone groups is 1. The molecule has 1 aromatic rings. The van der Waals surface area contributed by atoms with E-state index in [0.717, 1.165) is 12.0 Å². The SMILES string of the molecule is C=CCC(C)c1cccc(S(=O)(=O)C(C)C)c1. The van der Waals surface area contributed by atoms with Gasteiger partial charge < -0.3 is 0 Å². The lowest BCUT2D eigenvalue weighted by molar-refractivity contribution is 0.587. The molecule has 0 heterocycles. The van der Waals surface area contributed by atoms with Crippen LogP contribution in [0.5, 0.6) is 0 Å². The van der Waals surface area contributed by atoms with Crippen LogP contribution in [0.1, 0.15) is 38.7 Å². The van der Waals surface area contributed by atoms with Gasteiger partial charge in [-0.05, 0) is 43.9 Å². The summed E-state index contributed by atoms with van der Waals surface area (Å²) in [5.41, 5.74) is 1.05. The third-order valence-corrected chi connectivity index (χ3v) is 5.05. The quantitative estimate of drug-likeness (QED) is 0.751. The Morgan fingerprint density at radius 2 is 1.94 bits per heavy atom. The van der Waals surface area contributed by atoms with Crippen LogP contribution in [0.4, 0.5) is 0 Å². The van der Waals surface area contributed by atoms with Gasteiger partial charge in [0, 0.05) is 0 Å². The number of hydrogen-bond acceptors (Lipinski definition) is 2. The van der Waals surface area contributed by atoms with Gasteiger partial charge in [0.2, 0.25) is 0 Å². The highest BCUT2D eigenvalue weighted by Crippen LogP contribution is 2.24. The topological polar surface area (TPSA) is 34.1 Å². The molecule has 0 amide bonds. The van der Waals surface area contributed by atoms with Gasteiger partial charge in [-0.15, -0.1) is 6.58 Å². The Morgan fingerprint density at radius 1 is 1.29 bits per heavy atom. The van der Waals surface area contributed by atoms with Gasteiger partial charge in [0.25, 0.3) is 0 Å². The summed E-state index contributed by atoms with van der Waals surface area (Å²) >= 11 is 0. The van der Waals surface area contributed by atoms with Crippen LogP contribution < -0.4 is 0 Å². The zero-order valence-corrected chi connectivity index (χ0v) is 11.5. The molecule has 2 nitrogen and oxygen atoms in total. The van der Waals surface area contributed by atoms with Gasteiger partial charge in [-0.2, -0.15) is 0 Å². The summed E-state index contributed by atoms with van der Waals surface area (Å²) in [6, 6.07) is 7.22. The van der Waals surface area contributed by atoms with Crippen molar-refractivity contribution in [3.63, 3.8) is 0 Å². The maximum absolute atomic E-state index is 12.0. The number of allylic oxidation sites excluding steroid dienone is 1. The summed E-state index contributed by atoms with van der Waals surface area (Å²) in [6.07, 6.45) is 2.71. The molecule has 94 valence electrons. The van der Waals surface area contributed by atoms with Crippen LogP contribution in [-0.2, 0) is 9.84 Å². The highest BCUT2D eigenvalue weighted by molar-refractivity contribution is 7.92. The third-order valence-electron chi connectivity index (χ3n) is 2.90. The lowest BCUT2D eigenvalue weighted by Crippen LogP contribution is -2.14. The molecular formula is C14H20O2S. The minimum atomic E-state index is -3.17. The van der Waals surface area contributed by atoms with Crippen molar-refractivity contribution in [2.75, 3.05) is 0 Å². The van der Waals surface area contributed by atoms with E-state index >= 15 is 0 Å². The molecule has 3 heteroatoms. The summed E-state index contributed by atoms with van der Waals surface area (Å²) in [5.74, 6) is 0.301. The molecule has 1 aromatic carbocycles. The fraction of sp³-hybridized carbons (Fsp3) is 0.429. The van der Waals surface area contributed by atoms with Crippen molar-refractivity contribution >= 4 is 9.84 Å². The molecule has 0 saturated heterocycles. The summed E-state index contributed by atoms with van der Waals surface area (Å²) in [4.78, 5) is 0.418. The van der Waals surface area contributed by atoms with Crippen molar-refractivity contribution in [1.29, 1.82) is 0 Å². The Balaban J connectivity index is 3.14. The zero-order chi connectivity index (χ0) is 13.1. The van der Waals surface area contributed by atoms with E-state index in [4.69, 9.17) is 0 Å². The van der Waals surface area contributed by atoms with Crippen LogP contribution in [0, 0.1) is 0 Å². The van der Waals surface area contributed by atoms with Crippen LogP contribution in [0.3, 0.4) is 0 Å². The first-order valence-corrected chi connectivity index (χ1v) is 7.39. The molecule has 0 spiro atoms. The summed E-state index contributed by atoms with van der Waals surface area (Å²) in [6.45, 7) is 9.19. The lowest BCUT2D eigenvalue weighted by Gasteiger charge is -2.13. The van der Waals surface area contributed by atoms with Crippen LogP contribution in [-0.4, -0.2) is 13.7 Å². The standard InChI is InChI=1S/C14H20O2S/c1-5-7-12(4)13-8-6-9-14(10-13)17(15,16)11(2)3/h5-6,8-12H,1,7H2,2-4H3. The summed E-state index contributed by atoms with van der Waals surface area (Å²) in [7, 11) is -3.17. The average Bonchev–Trinajstić information content (AvgIpc) is 2.29. The molecule has 0 saturated carbocycles. The predicted molar refractivity (Wildman–Crippen MR) is 72.0 cm³/mol. The maximum atomic E-state index is 12.0. The van der Waals surface area contributed by atoms with Gasteiger partial charge in [-0.1, -0.05) is 25.1 Å². The highest BCUT2D eigenvalue weighted by Gasteiger charge is 2.19. The van der Waals surface area contributed by atoms with Gasteiger partial charge in [-0.25, -0.2) is 8.42 Å². The minimum absolute atomic E-state index is 0.301. The van der Waals surface area contributed by atoms with Crippen LogP contribution in [0.15, 0.2) is 41.8 Å². The Kier molecular flexibility index (Phi) is 4.52. The van der Waals surface area contributed by atoms with Gasteiger partial charge in [0.05, 0.1) is 10.1 Å². The van der Waals surface area contributed by atoms with Crippen molar-refractivity contribution in [2.24, 2.45) is 0 Å². The molecule has 1 unspecified atom stereocenters. The average molecular weight is 252 g/mol. The lowest BCUT2D eigenvalue weighted by atomic mass is 9.98. The summed E-state index contributed by atoms with van der Waals surface area (Å²) < 4.78 is 24.1. The van der Waals surface area contributed by atoms with E-state index in [9.17, 15) is 8.42 Å².